The van der Waals surface area contributed by atoms with E-state index in [0.717, 1.165) is 10.3 Å². The zero-order valence-electron chi connectivity index (χ0n) is 11.9. The molecule has 0 fully saturated rings. The van der Waals surface area contributed by atoms with Crippen molar-refractivity contribution in [3.05, 3.63) is 74.0 Å². The molecule has 0 unspecified atom stereocenters. The lowest BCUT2D eigenvalue weighted by Crippen LogP contribution is -2.27. The second kappa shape index (κ2) is 5.00. The summed E-state index contributed by atoms with van der Waals surface area (Å²) in [6.45, 7) is 0. The van der Waals surface area contributed by atoms with E-state index in [0.29, 0.717) is 16.8 Å². The van der Waals surface area contributed by atoms with E-state index in [1.165, 1.54) is 11.3 Å². The van der Waals surface area contributed by atoms with Crippen LogP contribution in [0.1, 0.15) is 16.4 Å². The van der Waals surface area contributed by atoms with Crippen molar-refractivity contribution in [2.75, 3.05) is 0 Å². The van der Waals surface area contributed by atoms with E-state index in [1.54, 1.807) is 6.07 Å². The van der Waals surface area contributed by atoms with E-state index >= 15 is 0 Å². The van der Waals surface area contributed by atoms with E-state index in [1.807, 2.05) is 35.7 Å². The molecule has 0 radical (unpaired) electrons. The van der Waals surface area contributed by atoms with Crippen molar-refractivity contribution < 1.29 is 4.74 Å². The van der Waals surface area contributed by atoms with Gasteiger partial charge in [-0.2, -0.15) is 5.26 Å². The maximum atomic E-state index is 12.6. The standard InChI is InChI=1S/C17H11N3O2S/c18-8-10-13(12-6-3-7-23-12)14-15(22-16(10)19)9-4-1-2-5-11(9)20-17(14)21/h1-7,13H,19H2,(H,20,21)/t13-/m1/s1. The molecular weight excluding hydrogens is 310 g/mol. The number of hydrogen-bond donors (Lipinski definition) is 2. The highest BCUT2D eigenvalue weighted by Crippen LogP contribution is 2.43. The number of aromatic nitrogens is 1. The number of H-pyrrole nitrogens is 1. The lowest BCUT2D eigenvalue weighted by molar-refractivity contribution is 0.397. The molecule has 1 atom stereocenters. The smallest absolute Gasteiger partial charge is 0.256 e. The largest absolute Gasteiger partial charge is 0.439 e. The summed E-state index contributed by atoms with van der Waals surface area (Å²) in [4.78, 5) is 16.4. The van der Waals surface area contributed by atoms with Gasteiger partial charge in [-0.05, 0) is 23.6 Å². The highest BCUT2D eigenvalue weighted by atomic mass is 32.1. The van der Waals surface area contributed by atoms with Gasteiger partial charge in [0.15, 0.2) is 0 Å². The number of nitrogens with zero attached hydrogens (tertiary/aromatic N) is 1. The summed E-state index contributed by atoms with van der Waals surface area (Å²) in [6.07, 6.45) is 0. The first kappa shape index (κ1) is 13.6. The lowest BCUT2D eigenvalue weighted by Gasteiger charge is -2.25. The molecular formula is C17H11N3O2S. The van der Waals surface area contributed by atoms with Gasteiger partial charge in [-0.15, -0.1) is 11.3 Å². The van der Waals surface area contributed by atoms with Crippen molar-refractivity contribution in [3.63, 3.8) is 0 Å². The molecule has 2 aromatic heterocycles. The highest BCUT2D eigenvalue weighted by molar-refractivity contribution is 7.10. The van der Waals surface area contributed by atoms with Crippen molar-refractivity contribution >= 4 is 22.2 Å². The molecule has 23 heavy (non-hydrogen) atoms. The molecule has 0 bridgehead atoms. The summed E-state index contributed by atoms with van der Waals surface area (Å²) < 4.78 is 5.68. The first-order chi connectivity index (χ1) is 11.2. The fourth-order valence-corrected chi connectivity index (χ4v) is 3.75. The van der Waals surface area contributed by atoms with Crippen LogP contribution in [0, 0.1) is 11.3 Å². The van der Waals surface area contributed by atoms with Crippen LogP contribution < -0.4 is 16.0 Å². The highest BCUT2D eigenvalue weighted by Gasteiger charge is 2.34. The minimum Gasteiger partial charge on any atom is -0.439 e. The third-order valence-electron chi connectivity index (χ3n) is 3.91. The minimum atomic E-state index is -0.503. The molecule has 0 saturated heterocycles. The van der Waals surface area contributed by atoms with E-state index in [4.69, 9.17) is 10.5 Å². The predicted octanol–water partition coefficient (Wildman–Crippen LogP) is 2.81. The van der Waals surface area contributed by atoms with Gasteiger partial charge in [0, 0.05) is 10.3 Å². The molecule has 0 spiro atoms. The van der Waals surface area contributed by atoms with Gasteiger partial charge < -0.3 is 15.5 Å². The number of nitrogens with two attached hydrogens (primary N) is 1. The Kier molecular flexibility index (Phi) is 2.96. The quantitative estimate of drug-likeness (QED) is 0.721. The number of ether oxygens (including phenoxy) is 1. The van der Waals surface area contributed by atoms with E-state index in [2.05, 4.69) is 11.1 Å². The molecule has 1 aliphatic heterocycles. The number of pyridine rings is 1. The molecule has 1 aromatic carbocycles. The summed E-state index contributed by atoms with van der Waals surface area (Å²) in [5.74, 6) is -0.0227. The van der Waals surface area contributed by atoms with Crippen molar-refractivity contribution in [1.29, 1.82) is 5.26 Å². The van der Waals surface area contributed by atoms with E-state index < -0.39 is 5.92 Å². The zero-order chi connectivity index (χ0) is 16.0. The van der Waals surface area contributed by atoms with Gasteiger partial charge in [-0.25, -0.2) is 0 Å². The Balaban J connectivity index is 2.11. The number of benzene rings is 1. The van der Waals surface area contributed by atoms with Gasteiger partial charge in [-0.1, -0.05) is 18.2 Å². The van der Waals surface area contributed by atoms with E-state index in [9.17, 15) is 10.1 Å². The Morgan fingerprint density at radius 3 is 2.83 bits per heavy atom. The van der Waals surface area contributed by atoms with Crippen molar-refractivity contribution in [2.24, 2.45) is 5.73 Å². The molecule has 3 aromatic rings. The predicted molar refractivity (Wildman–Crippen MR) is 88.2 cm³/mol. The Bertz CT molecular complexity index is 1040. The monoisotopic (exact) mass is 321 g/mol. The Labute approximate surface area is 135 Å². The summed E-state index contributed by atoms with van der Waals surface area (Å²) in [5.41, 5.74) is 7.07. The molecule has 0 aliphatic carbocycles. The molecule has 0 saturated carbocycles. The van der Waals surface area contributed by atoms with Gasteiger partial charge in [-0.3, -0.25) is 4.79 Å². The van der Waals surface area contributed by atoms with Crippen LogP contribution in [0.3, 0.4) is 0 Å². The molecule has 4 rings (SSSR count). The fraction of sp³-hybridized carbons (Fsp3) is 0.0588. The topological polar surface area (TPSA) is 91.9 Å². The SMILES string of the molecule is N#CC1=C(N)Oc2c(c(=O)[nH]c3ccccc23)[C@H]1c1cccs1. The van der Waals surface area contributed by atoms with Gasteiger partial charge >= 0.3 is 0 Å². The Hall–Kier alpha value is -3.04. The number of fused-ring (bicyclic) bond motifs is 3. The van der Waals surface area contributed by atoms with Crippen molar-refractivity contribution in [3.8, 4) is 11.8 Å². The summed E-state index contributed by atoms with van der Waals surface area (Å²) in [7, 11) is 0. The number of para-hydroxylation sites is 1. The normalized spacial score (nSPS) is 16.7. The second-order valence-corrected chi connectivity index (χ2v) is 6.16. The molecule has 6 heteroatoms. The molecule has 3 N–H and O–H groups in total. The molecule has 5 nitrogen and oxygen atoms in total. The number of allylic oxidation sites excluding steroid dienone is 1. The molecule has 1 aliphatic rings. The molecule has 112 valence electrons. The first-order valence-electron chi connectivity index (χ1n) is 6.96. The number of thiophene rings is 1. The average molecular weight is 321 g/mol. The van der Waals surface area contributed by atoms with Crippen LogP contribution in [-0.4, -0.2) is 4.98 Å². The van der Waals surface area contributed by atoms with Gasteiger partial charge in [0.05, 0.1) is 17.0 Å². The minimum absolute atomic E-state index is 0.0501. The summed E-state index contributed by atoms with van der Waals surface area (Å²) >= 11 is 1.48. The number of hydrogen-bond acceptors (Lipinski definition) is 5. The Morgan fingerprint density at radius 1 is 1.26 bits per heavy atom. The maximum absolute atomic E-state index is 12.6. The maximum Gasteiger partial charge on any atom is 0.256 e. The van der Waals surface area contributed by atoms with Crippen molar-refractivity contribution in [1.82, 2.24) is 4.98 Å². The number of aromatic amines is 1. The number of rotatable bonds is 1. The lowest BCUT2D eigenvalue weighted by atomic mass is 9.88. The third-order valence-corrected chi connectivity index (χ3v) is 4.85. The zero-order valence-corrected chi connectivity index (χ0v) is 12.7. The second-order valence-electron chi connectivity index (χ2n) is 5.18. The number of nitriles is 1. The van der Waals surface area contributed by atoms with Crippen LogP contribution in [0.15, 0.2) is 58.0 Å². The van der Waals surface area contributed by atoms with E-state index in [-0.39, 0.29) is 17.0 Å². The molecule has 3 heterocycles. The average Bonchev–Trinajstić information content (AvgIpc) is 3.08. The number of nitrogens with one attached hydrogen (secondary N) is 1. The van der Waals surface area contributed by atoms with Gasteiger partial charge in [0.1, 0.15) is 17.4 Å². The first-order valence-corrected chi connectivity index (χ1v) is 7.84. The third kappa shape index (κ3) is 1.94. The van der Waals surface area contributed by atoms with Crippen LogP contribution >= 0.6 is 11.3 Å². The summed E-state index contributed by atoms with van der Waals surface area (Å²) in [6, 6.07) is 13.2. The van der Waals surface area contributed by atoms with Gasteiger partial charge in [0.25, 0.3) is 5.56 Å². The summed E-state index contributed by atoms with van der Waals surface area (Å²) in [5, 5.41) is 12.2. The van der Waals surface area contributed by atoms with Crippen LogP contribution in [0.5, 0.6) is 5.75 Å². The van der Waals surface area contributed by atoms with Crippen LogP contribution in [0.25, 0.3) is 10.9 Å². The van der Waals surface area contributed by atoms with Crippen LogP contribution in [0.4, 0.5) is 0 Å². The van der Waals surface area contributed by atoms with Crippen LogP contribution in [-0.2, 0) is 0 Å². The van der Waals surface area contributed by atoms with Crippen molar-refractivity contribution in [2.45, 2.75) is 5.92 Å². The van der Waals surface area contributed by atoms with Crippen LogP contribution in [0.2, 0.25) is 0 Å². The molecule has 0 amide bonds. The van der Waals surface area contributed by atoms with Gasteiger partial charge in [0.2, 0.25) is 5.88 Å². The Morgan fingerprint density at radius 2 is 2.09 bits per heavy atom. The fourth-order valence-electron chi connectivity index (χ4n) is 2.91.